The van der Waals surface area contributed by atoms with E-state index in [4.69, 9.17) is 23.5 Å². The van der Waals surface area contributed by atoms with E-state index in [1.807, 2.05) is 0 Å². The molecular formula is C15H17NO6. The van der Waals surface area contributed by atoms with Gasteiger partial charge in [-0.15, -0.1) is 0 Å². The fraction of sp³-hybridized carbons (Fsp3) is 0.333. The maximum atomic E-state index is 12.2. The van der Waals surface area contributed by atoms with E-state index < -0.39 is 5.97 Å². The van der Waals surface area contributed by atoms with E-state index in [1.54, 1.807) is 25.1 Å². The zero-order valence-corrected chi connectivity index (χ0v) is 12.8. The van der Waals surface area contributed by atoms with Crippen LogP contribution in [0, 0.1) is 6.92 Å². The second-order valence-corrected chi connectivity index (χ2v) is 4.39. The number of rotatable bonds is 6. The molecule has 0 N–H and O–H groups in total. The molecule has 0 unspecified atom stereocenters. The normalized spacial score (nSPS) is 10.2. The summed E-state index contributed by atoms with van der Waals surface area (Å²) in [5.41, 5.74) is 0.769. The van der Waals surface area contributed by atoms with E-state index in [0.717, 1.165) is 0 Å². The lowest BCUT2D eigenvalue weighted by Gasteiger charge is -2.14. The highest BCUT2D eigenvalue weighted by Gasteiger charge is 2.22. The van der Waals surface area contributed by atoms with Crippen LogP contribution >= 0.6 is 0 Å². The number of esters is 1. The Kier molecular flexibility index (Phi) is 4.88. The minimum absolute atomic E-state index is 0.00761. The Bertz CT molecular complexity index is 664. The first-order valence-electron chi connectivity index (χ1n) is 6.49. The smallest absolute Gasteiger partial charge is 0.342 e. The minimum atomic E-state index is -0.557. The van der Waals surface area contributed by atoms with E-state index >= 15 is 0 Å². The van der Waals surface area contributed by atoms with Crippen molar-refractivity contribution in [3.8, 4) is 17.2 Å². The molecule has 0 atom stereocenters. The summed E-state index contributed by atoms with van der Waals surface area (Å²) in [7, 11) is 4.41. The molecule has 0 aliphatic heterocycles. The molecule has 0 amide bonds. The van der Waals surface area contributed by atoms with E-state index in [0.29, 0.717) is 23.0 Å². The summed E-state index contributed by atoms with van der Waals surface area (Å²) in [6, 6.07) is 4.86. The lowest BCUT2D eigenvalue weighted by molar-refractivity contribution is 0.0460. The van der Waals surface area contributed by atoms with Gasteiger partial charge in [-0.25, -0.2) is 4.79 Å². The third-order valence-electron chi connectivity index (χ3n) is 2.95. The summed E-state index contributed by atoms with van der Waals surface area (Å²) in [5, 5.41) is 3.76. The Morgan fingerprint density at radius 3 is 2.41 bits per heavy atom. The van der Waals surface area contributed by atoms with Gasteiger partial charge in [0.2, 0.25) is 5.75 Å². The molecular weight excluding hydrogens is 290 g/mol. The van der Waals surface area contributed by atoms with E-state index in [2.05, 4.69) is 5.16 Å². The van der Waals surface area contributed by atoms with Gasteiger partial charge < -0.3 is 23.5 Å². The molecule has 0 saturated heterocycles. The summed E-state index contributed by atoms with van der Waals surface area (Å²) < 4.78 is 25.8. The molecule has 22 heavy (non-hydrogen) atoms. The number of carbonyl (C=O) groups is 1. The largest absolute Gasteiger partial charge is 0.493 e. The number of aromatic nitrogens is 1. The van der Waals surface area contributed by atoms with Crippen LogP contribution in [0.1, 0.15) is 21.8 Å². The Balaban J connectivity index is 2.21. The van der Waals surface area contributed by atoms with Gasteiger partial charge in [-0.05, 0) is 19.1 Å². The van der Waals surface area contributed by atoms with Crippen molar-refractivity contribution in [3.63, 3.8) is 0 Å². The number of hydrogen-bond donors (Lipinski definition) is 0. The molecule has 2 rings (SSSR count). The van der Waals surface area contributed by atoms with Gasteiger partial charge in [0.25, 0.3) is 0 Å². The van der Waals surface area contributed by atoms with Crippen LogP contribution in [-0.4, -0.2) is 32.5 Å². The third-order valence-corrected chi connectivity index (χ3v) is 2.95. The van der Waals surface area contributed by atoms with Gasteiger partial charge in [-0.3, -0.25) is 0 Å². The minimum Gasteiger partial charge on any atom is -0.493 e. The van der Waals surface area contributed by atoms with Crippen molar-refractivity contribution in [2.45, 2.75) is 13.5 Å². The molecule has 1 aromatic carbocycles. The highest BCUT2D eigenvalue weighted by molar-refractivity contribution is 5.94. The van der Waals surface area contributed by atoms with Crippen LogP contribution in [0.25, 0.3) is 0 Å². The maximum absolute atomic E-state index is 12.2. The molecule has 1 heterocycles. The van der Waals surface area contributed by atoms with Crippen LogP contribution in [0.15, 0.2) is 22.7 Å². The fourth-order valence-corrected chi connectivity index (χ4v) is 1.97. The molecule has 0 fully saturated rings. The monoisotopic (exact) mass is 307 g/mol. The van der Waals surface area contributed by atoms with Gasteiger partial charge in [0.15, 0.2) is 11.5 Å². The van der Waals surface area contributed by atoms with Crippen molar-refractivity contribution in [1.29, 1.82) is 0 Å². The molecule has 7 nitrogen and oxygen atoms in total. The Morgan fingerprint density at radius 2 is 1.86 bits per heavy atom. The van der Waals surface area contributed by atoms with Crippen LogP contribution in [-0.2, 0) is 11.3 Å². The van der Waals surface area contributed by atoms with Crippen molar-refractivity contribution in [2.75, 3.05) is 21.3 Å². The molecule has 118 valence electrons. The predicted molar refractivity (Wildman–Crippen MR) is 76.5 cm³/mol. The van der Waals surface area contributed by atoms with Crippen LogP contribution in [0.3, 0.4) is 0 Å². The Labute approximate surface area is 127 Å². The number of benzene rings is 1. The second kappa shape index (κ2) is 6.84. The lowest BCUT2D eigenvalue weighted by Crippen LogP contribution is -2.08. The SMILES string of the molecule is COc1ccc(C(=O)OCc2cc(C)on2)c(OC)c1OC. The lowest BCUT2D eigenvalue weighted by atomic mass is 10.1. The molecule has 7 heteroatoms. The number of nitrogens with zero attached hydrogens (tertiary/aromatic N) is 1. The first kappa shape index (κ1) is 15.7. The van der Waals surface area contributed by atoms with Crippen LogP contribution in [0.5, 0.6) is 17.2 Å². The molecule has 0 bridgehead atoms. The highest BCUT2D eigenvalue weighted by Crippen LogP contribution is 2.39. The summed E-state index contributed by atoms with van der Waals surface area (Å²) >= 11 is 0. The Hall–Kier alpha value is -2.70. The molecule has 2 aromatic rings. The van der Waals surface area contributed by atoms with Gasteiger partial charge in [0.05, 0.1) is 21.3 Å². The molecule has 0 spiro atoms. The van der Waals surface area contributed by atoms with Gasteiger partial charge >= 0.3 is 5.97 Å². The average Bonchev–Trinajstić information content (AvgIpc) is 2.96. The third kappa shape index (κ3) is 3.13. The van der Waals surface area contributed by atoms with E-state index in [9.17, 15) is 4.79 Å². The fourth-order valence-electron chi connectivity index (χ4n) is 1.97. The van der Waals surface area contributed by atoms with E-state index in [-0.39, 0.29) is 17.9 Å². The van der Waals surface area contributed by atoms with Crippen molar-refractivity contribution >= 4 is 5.97 Å². The molecule has 0 radical (unpaired) electrons. The van der Waals surface area contributed by atoms with Crippen molar-refractivity contribution in [1.82, 2.24) is 5.16 Å². The maximum Gasteiger partial charge on any atom is 0.342 e. The molecule has 1 aromatic heterocycles. The zero-order valence-electron chi connectivity index (χ0n) is 12.8. The van der Waals surface area contributed by atoms with E-state index in [1.165, 1.54) is 21.3 Å². The number of methoxy groups -OCH3 is 3. The number of aryl methyl sites for hydroxylation is 1. The van der Waals surface area contributed by atoms with Crippen molar-refractivity contribution in [2.24, 2.45) is 0 Å². The van der Waals surface area contributed by atoms with Crippen LogP contribution in [0.4, 0.5) is 0 Å². The topological polar surface area (TPSA) is 80.0 Å². The van der Waals surface area contributed by atoms with Gasteiger partial charge in [0.1, 0.15) is 23.6 Å². The first-order valence-corrected chi connectivity index (χ1v) is 6.49. The van der Waals surface area contributed by atoms with Crippen LogP contribution in [0.2, 0.25) is 0 Å². The van der Waals surface area contributed by atoms with Gasteiger partial charge in [-0.1, -0.05) is 5.16 Å². The number of ether oxygens (including phenoxy) is 4. The standard InChI is InChI=1S/C15H17NO6/c1-9-7-10(16-22-9)8-21-15(17)11-5-6-12(18-2)14(20-4)13(11)19-3/h5-7H,8H2,1-4H3. The van der Waals surface area contributed by atoms with Crippen molar-refractivity contribution < 1.29 is 28.3 Å². The highest BCUT2D eigenvalue weighted by atomic mass is 16.5. The summed E-state index contributed by atoms with van der Waals surface area (Å²) in [4.78, 5) is 12.2. The predicted octanol–water partition coefficient (Wildman–Crippen LogP) is 2.37. The summed E-state index contributed by atoms with van der Waals surface area (Å²) in [5.74, 6) is 1.14. The number of hydrogen-bond acceptors (Lipinski definition) is 7. The Morgan fingerprint density at radius 1 is 1.14 bits per heavy atom. The zero-order chi connectivity index (χ0) is 16.1. The van der Waals surface area contributed by atoms with Crippen LogP contribution < -0.4 is 14.2 Å². The average molecular weight is 307 g/mol. The number of carbonyl (C=O) groups excluding carboxylic acids is 1. The quantitative estimate of drug-likeness (QED) is 0.758. The van der Waals surface area contributed by atoms with Gasteiger partial charge in [-0.2, -0.15) is 0 Å². The van der Waals surface area contributed by atoms with Gasteiger partial charge in [0, 0.05) is 6.07 Å². The molecule has 0 aliphatic carbocycles. The summed E-state index contributed by atoms with van der Waals surface area (Å²) in [6.45, 7) is 1.77. The first-order chi connectivity index (χ1) is 10.6. The summed E-state index contributed by atoms with van der Waals surface area (Å²) in [6.07, 6.45) is 0. The molecule has 0 aliphatic rings. The van der Waals surface area contributed by atoms with Crippen molar-refractivity contribution in [3.05, 3.63) is 35.2 Å². The second-order valence-electron chi connectivity index (χ2n) is 4.39. The molecule has 0 saturated carbocycles.